The van der Waals surface area contributed by atoms with Crippen LogP contribution in [0.2, 0.25) is 0 Å². The van der Waals surface area contributed by atoms with Crippen LogP contribution >= 0.6 is 7.60 Å². The van der Waals surface area contributed by atoms with Crippen molar-refractivity contribution < 1.29 is 42.9 Å². The third-order valence-corrected chi connectivity index (χ3v) is 6.05. The smallest absolute Gasteiger partial charge is 0.343 e. The van der Waals surface area contributed by atoms with E-state index < -0.39 is 49.9 Å². The molecule has 0 aromatic carbocycles. The van der Waals surface area contributed by atoms with Gasteiger partial charge in [0.25, 0.3) is 0 Å². The molecule has 0 aliphatic carbocycles. The first-order valence-electron chi connectivity index (χ1n) is 10.2. The summed E-state index contributed by atoms with van der Waals surface area (Å²) < 4.78 is 27.3. The Morgan fingerprint density at radius 3 is 1.69 bits per heavy atom. The lowest BCUT2D eigenvalue weighted by atomic mass is 9.98. The van der Waals surface area contributed by atoms with E-state index >= 15 is 0 Å². The number of ether oxygens (including phenoxy) is 3. The standard InChI is InChI=1S/C19H35O9P/c1-4-7-12-26-16(20)10-11-19(29(23,24)25,18(22)28-14-9-6-3)15-17(21)27-13-8-5-2/h4-15H2,1-3H3,(H2,23,24,25). The van der Waals surface area contributed by atoms with E-state index in [-0.39, 0.29) is 19.8 Å². The van der Waals surface area contributed by atoms with Gasteiger partial charge in [0.2, 0.25) is 0 Å². The van der Waals surface area contributed by atoms with Crippen LogP contribution in [0.4, 0.5) is 0 Å². The Labute approximate surface area is 172 Å². The molecule has 0 saturated carbocycles. The number of carbonyl (C=O) groups excluding carboxylic acids is 3. The Hall–Kier alpha value is -1.44. The summed E-state index contributed by atoms with van der Waals surface area (Å²) in [6, 6.07) is 0. The third-order valence-electron chi connectivity index (χ3n) is 4.37. The molecule has 1 atom stereocenters. The van der Waals surface area contributed by atoms with E-state index in [0.717, 1.165) is 12.8 Å². The van der Waals surface area contributed by atoms with Crippen LogP contribution in [0.1, 0.15) is 78.6 Å². The Morgan fingerprint density at radius 2 is 1.24 bits per heavy atom. The van der Waals surface area contributed by atoms with Gasteiger partial charge in [0.05, 0.1) is 26.2 Å². The maximum absolute atomic E-state index is 12.7. The van der Waals surface area contributed by atoms with E-state index in [9.17, 15) is 28.7 Å². The Morgan fingerprint density at radius 1 is 0.793 bits per heavy atom. The number of rotatable bonds is 16. The van der Waals surface area contributed by atoms with Crippen molar-refractivity contribution in [2.45, 2.75) is 83.7 Å². The van der Waals surface area contributed by atoms with Crippen LogP contribution < -0.4 is 0 Å². The van der Waals surface area contributed by atoms with Crippen molar-refractivity contribution in [2.24, 2.45) is 0 Å². The summed E-state index contributed by atoms with van der Waals surface area (Å²) in [5.41, 5.74) is 0. The topological polar surface area (TPSA) is 136 Å². The zero-order valence-electron chi connectivity index (χ0n) is 17.7. The summed E-state index contributed by atoms with van der Waals surface area (Å²) in [5.74, 6) is -2.82. The van der Waals surface area contributed by atoms with Gasteiger partial charge in [-0.15, -0.1) is 0 Å². The second-order valence-electron chi connectivity index (χ2n) is 6.89. The zero-order chi connectivity index (χ0) is 22.3. The summed E-state index contributed by atoms with van der Waals surface area (Å²) in [4.78, 5) is 56.7. The van der Waals surface area contributed by atoms with Crippen molar-refractivity contribution in [2.75, 3.05) is 19.8 Å². The highest BCUT2D eigenvalue weighted by Gasteiger charge is 2.56. The molecule has 2 N–H and O–H groups in total. The van der Waals surface area contributed by atoms with E-state index in [1.807, 2.05) is 20.8 Å². The molecule has 0 saturated heterocycles. The maximum Gasteiger partial charge on any atom is 0.343 e. The van der Waals surface area contributed by atoms with Crippen LogP contribution in [0.25, 0.3) is 0 Å². The Balaban J connectivity index is 5.45. The van der Waals surface area contributed by atoms with Crippen molar-refractivity contribution in [1.29, 1.82) is 0 Å². The quantitative estimate of drug-likeness (QED) is 0.161. The summed E-state index contributed by atoms with van der Waals surface area (Å²) in [7, 11) is -5.18. The van der Waals surface area contributed by atoms with Crippen molar-refractivity contribution in [3.05, 3.63) is 0 Å². The molecule has 0 aliphatic rings. The molecule has 10 heteroatoms. The Bertz CT molecular complexity index is 558. The molecule has 0 rings (SSSR count). The summed E-state index contributed by atoms with van der Waals surface area (Å²) in [6.07, 6.45) is 2.15. The normalized spacial score (nSPS) is 13.4. The molecule has 0 radical (unpaired) electrons. The first-order valence-corrected chi connectivity index (χ1v) is 11.8. The van der Waals surface area contributed by atoms with Crippen molar-refractivity contribution in [3.63, 3.8) is 0 Å². The first kappa shape index (κ1) is 27.6. The number of unbranched alkanes of at least 4 members (excludes halogenated alkanes) is 3. The summed E-state index contributed by atoms with van der Waals surface area (Å²) >= 11 is 0. The molecule has 29 heavy (non-hydrogen) atoms. The fraction of sp³-hybridized carbons (Fsp3) is 0.842. The summed E-state index contributed by atoms with van der Waals surface area (Å²) in [5, 5.41) is -2.48. The minimum atomic E-state index is -5.18. The number of carbonyl (C=O) groups is 3. The lowest BCUT2D eigenvalue weighted by Gasteiger charge is -2.31. The molecule has 0 aromatic heterocycles. The van der Waals surface area contributed by atoms with E-state index in [1.54, 1.807) is 0 Å². The van der Waals surface area contributed by atoms with Gasteiger partial charge in [-0.2, -0.15) is 0 Å². The molecule has 0 amide bonds. The number of hydrogen-bond acceptors (Lipinski definition) is 7. The maximum atomic E-state index is 12.7. The number of esters is 3. The molecule has 0 aromatic rings. The molecular weight excluding hydrogens is 403 g/mol. The summed E-state index contributed by atoms with van der Waals surface area (Å²) in [6.45, 7) is 5.89. The second kappa shape index (κ2) is 14.5. The average Bonchev–Trinajstić information content (AvgIpc) is 2.64. The monoisotopic (exact) mass is 438 g/mol. The van der Waals surface area contributed by atoms with Gasteiger partial charge in [0.1, 0.15) is 0 Å². The minimum absolute atomic E-state index is 0.0388. The molecule has 170 valence electrons. The molecule has 0 aliphatic heterocycles. The molecule has 0 fully saturated rings. The van der Waals surface area contributed by atoms with Gasteiger partial charge < -0.3 is 24.0 Å². The fourth-order valence-corrected chi connectivity index (χ4v) is 3.45. The van der Waals surface area contributed by atoms with E-state index in [0.29, 0.717) is 25.7 Å². The average molecular weight is 438 g/mol. The van der Waals surface area contributed by atoms with E-state index in [2.05, 4.69) is 0 Å². The van der Waals surface area contributed by atoms with Crippen LogP contribution in [0.3, 0.4) is 0 Å². The molecule has 0 spiro atoms. The highest BCUT2D eigenvalue weighted by molar-refractivity contribution is 7.54. The van der Waals surface area contributed by atoms with Crippen molar-refractivity contribution in [3.8, 4) is 0 Å². The third kappa shape index (κ3) is 10.2. The first-order chi connectivity index (χ1) is 13.6. The Kier molecular flexibility index (Phi) is 13.8. The highest BCUT2D eigenvalue weighted by atomic mass is 31.2. The van der Waals surface area contributed by atoms with Gasteiger partial charge in [-0.25, -0.2) is 0 Å². The molecule has 0 heterocycles. The highest BCUT2D eigenvalue weighted by Crippen LogP contribution is 2.56. The van der Waals surface area contributed by atoms with Crippen LogP contribution in [-0.4, -0.2) is 52.7 Å². The predicted octanol–water partition coefficient (Wildman–Crippen LogP) is 3.10. The van der Waals surface area contributed by atoms with Gasteiger partial charge in [-0.05, 0) is 25.7 Å². The van der Waals surface area contributed by atoms with Crippen LogP contribution in [0, 0.1) is 0 Å². The van der Waals surface area contributed by atoms with Crippen LogP contribution in [0.5, 0.6) is 0 Å². The van der Waals surface area contributed by atoms with Crippen LogP contribution in [-0.2, 0) is 33.2 Å². The molecular formula is C19H35O9P. The van der Waals surface area contributed by atoms with Gasteiger partial charge >= 0.3 is 25.5 Å². The van der Waals surface area contributed by atoms with Gasteiger partial charge in [0, 0.05) is 6.42 Å². The van der Waals surface area contributed by atoms with E-state index in [1.165, 1.54) is 0 Å². The van der Waals surface area contributed by atoms with Crippen LogP contribution in [0.15, 0.2) is 0 Å². The fourth-order valence-electron chi connectivity index (χ4n) is 2.41. The van der Waals surface area contributed by atoms with Gasteiger partial charge in [-0.1, -0.05) is 40.0 Å². The molecule has 0 bridgehead atoms. The lowest BCUT2D eigenvalue weighted by Crippen LogP contribution is -2.43. The largest absolute Gasteiger partial charge is 0.466 e. The number of hydrogen-bond donors (Lipinski definition) is 2. The van der Waals surface area contributed by atoms with Gasteiger partial charge in [0.15, 0.2) is 5.16 Å². The van der Waals surface area contributed by atoms with E-state index in [4.69, 9.17) is 14.2 Å². The predicted molar refractivity (Wildman–Crippen MR) is 106 cm³/mol. The van der Waals surface area contributed by atoms with Gasteiger partial charge in [-0.3, -0.25) is 18.9 Å². The second-order valence-corrected chi connectivity index (χ2v) is 8.83. The lowest BCUT2D eigenvalue weighted by molar-refractivity contribution is -0.155. The molecule has 1 unspecified atom stereocenters. The van der Waals surface area contributed by atoms with Crippen molar-refractivity contribution in [1.82, 2.24) is 0 Å². The zero-order valence-corrected chi connectivity index (χ0v) is 18.6. The molecule has 9 nitrogen and oxygen atoms in total. The minimum Gasteiger partial charge on any atom is -0.466 e. The van der Waals surface area contributed by atoms with Crippen molar-refractivity contribution >= 4 is 25.5 Å². The SMILES string of the molecule is CCCCOC(=O)CCC(CC(=O)OCCCC)(C(=O)OCCCC)P(=O)(O)O.